The fraction of sp³-hybridized carbons (Fsp3) is 1.00. The molecular formula is C8H18O7. The second-order valence-corrected chi connectivity index (χ2v) is 3.28. The summed E-state index contributed by atoms with van der Waals surface area (Å²) in [5.74, 6) is -2.94. The van der Waals surface area contributed by atoms with Gasteiger partial charge in [0.05, 0.1) is 13.2 Å². The van der Waals surface area contributed by atoms with Gasteiger partial charge in [0.25, 0.3) is 0 Å². The standard InChI is InChI=1S/C4H10O4.C4H8O3/c1-2-3(5)4(6,7)8;5-3-1-7-2-4(3)6/h3,5-8H,2H2,1H3;3-6H,1-2H2/t;3-,4+. The maximum atomic E-state index is 8.62. The lowest BCUT2D eigenvalue weighted by atomic mass is 10.2. The highest BCUT2D eigenvalue weighted by Gasteiger charge is 2.27. The molecule has 6 N–H and O–H groups in total. The summed E-state index contributed by atoms with van der Waals surface area (Å²) in [7, 11) is 0. The van der Waals surface area contributed by atoms with Gasteiger partial charge in [0.2, 0.25) is 0 Å². The lowest BCUT2D eigenvalue weighted by Gasteiger charge is -2.18. The second-order valence-electron chi connectivity index (χ2n) is 3.28. The van der Waals surface area contributed by atoms with E-state index in [-0.39, 0.29) is 19.6 Å². The van der Waals surface area contributed by atoms with Crippen LogP contribution in [0.1, 0.15) is 13.3 Å². The highest BCUT2D eigenvalue weighted by atomic mass is 16.7. The summed E-state index contributed by atoms with van der Waals surface area (Å²) in [6, 6.07) is 0. The third-order valence-corrected chi connectivity index (χ3v) is 1.86. The number of aliphatic hydroxyl groups excluding tert-OH is 3. The monoisotopic (exact) mass is 226 g/mol. The van der Waals surface area contributed by atoms with Crippen LogP contribution in [0.3, 0.4) is 0 Å². The van der Waals surface area contributed by atoms with Crippen LogP contribution < -0.4 is 0 Å². The van der Waals surface area contributed by atoms with Crippen LogP contribution in [-0.2, 0) is 4.74 Å². The molecule has 0 aromatic heterocycles. The Balaban J connectivity index is 0.000000262. The molecule has 0 bridgehead atoms. The Kier molecular flexibility index (Phi) is 6.22. The topological polar surface area (TPSA) is 131 Å². The Hall–Kier alpha value is -0.280. The predicted molar refractivity (Wildman–Crippen MR) is 48.5 cm³/mol. The van der Waals surface area contributed by atoms with Gasteiger partial charge >= 0.3 is 5.97 Å². The molecule has 3 atom stereocenters. The van der Waals surface area contributed by atoms with E-state index in [0.29, 0.717) is 0 Å². The van der Waals surface area contributed by atoms with E-state index in [2.05, 4.69) is 4.74 Å². The van der Waals surface area contributed by atoms with Crippen LogP contribution in [0.2, 0.25) is 0 Å². The molecular weight excluding hydrogens is 208 g/mol. The third kappa shape index (κ3) is 6.00. The minimum absolute atomic E-state index is 0.101. The first-order valence-electron chi connectivity index (χ1n) is 4.58. The number of hydrogen-bond acceptors (Lipinski definition) is 7. The van der Waals surface area contributed by atoms with Gasteiger partial charge in [0.1, 0.15) is 18.3 Å². The smallest absolute Gasteiger partial charge is 0.302 e. The molecule has 1 aliphatic heterocycles. The lowest BCUT2D eigenvalue weighted by molar-refractivity contribution is -0.354. The van der Waals surface area contributed by atoms with Crippen molar-refractivity contribution in [3.8, 4) is 0 Å². The van der Waals surface area contributed by atoms with Crippen LogP contribution in [0.4, 0.5) is 0 Å². The maximum absolute atomic E-state index is 8.62. The fourth-order valence-electron chi connectivity index (χ4n) is 0.806. The van der Waals surface area contributed by atoms with E-state index in [1.54, 1.807) is 0 Å². The van der Waals surface area contributed by atoms with Crippen molar-refractivity contribution in [2.24, 2.45) is 0 Å². The van der Waals surface area contributed by atoms with Crippen LogP contribution in [-0.4, -0.2) is 68.1 Å². The maximum Gasteiger partial charge on any atom is 0.302 e. The highest BCUT2D eigenvalue weighted by Crippen LogP contribution is 2.04. The molecule has 1 saturated heterocycles. The SMILES string of the molecule is CCC(O)C(O)(O)O.O[C@@H]1COC[C@@H]1O. The molecule has 1 rings (SSSR count). The van der Waals surface area contributed by atoms with E-state index >= 15 is 0 Å². The first-order chi connectivity index (χ1) is 6.79. The zero-order valence-corrected chi connectivity index (χ0v) is 8.44. The fourth-order valence-corrected chi connectivity index (χ4v) is 0.806. The molecule has 1 heterocycles. The Bertz CT molecular complexity index is 159. The van der Waals surface area contributed by atoms with Gasteiger partial charge in [0.15, 0.2) is 0 Å². The zero-order chi connectivity index (χ0) is 12.1. The number of hydrogen-bond donors (Lipinski definition) is 6. The van der Waals surface area contributed by atoms with E-state index in [1.165, 1.54) is 6.92 Å². The van der Waals surface area contributed by atoms with E-state index in [0.717, 1.165) is 0 Å². The molecule has 1 unspecified atom stereocenters. The van der Waals surface area contributed by atoms with Crippen molar-refractivity contribution < 1.29 is 35.4 Å². The molecule has 0 aromatic carbocycles. The van der Waals surface area contributed by atoms with Gasteiger partial charge in [-0.1, -0.05) is 6.92 Å². The quantitative estimate of drug-likeness (QED) is 0.279. The molecule has 7 heteroatoms. The van der Waals surface area contributed by atoms with Gasteiger partial charge in [0, 0.05) is 0 Å². The largest absolute Gasteiger partial charge is 0.388 e. The molecule has 7 nitrogen and oxygen atoms in total. The average molecular weight is 226 g/mol. The molecule has 0 radical (unpaired) electrons. The number of rotatable bonds is 2. The van der Waals surface area contributed by atoms with Crippen LogP contribution in [0, 0.1) is 0 Å². The van der Waals surface area contributed by atoms with Crippen LogP contribution in [0.25, 0.3) is 0 Å². The van der Waals surface area contributed by atoms with Crippen LogP contribution >= 0.6 is 0 Å². The summed E-state index contributed by atoms with van der Waals surface area (Å²) in [5, 5.41) is 50.1. The highest BCUT2D eigenvalue weighted by molar-refractivity contribution is 4.71. The van der Waals surface area contributed by atoms with Crippen molar-refractivity contribution in [1.82, 2.24) is 0 Å². The van der Waals surface area contributed by atoms with Crippen LogP contribution in [0.5, 0.6) is 0 Å². The van der Waals surface area contributed by atoms with Crippen molar-refractivity contribution in [3.63, 3.8) is 0 Å². The van der Waals surface area contributed by atoms with Gasteiger partial charge in [-0.3, -0.25) is 0 Å². The van der Waals surface area contributed by atoms with E-state index < -0.39 is 24.3 Å². The zero-order valence-electron chi connectivity index (χ0n) is 8.44. The molecule has 0 saturated carbocycles. The van der Waals surface area contributed by atoms with Gasteiger partial charge in [-0.05, 0) is 6.42 Å². The summed E-state index contributed by atoms with van der Waals surface area (Å²) in [5.41, 5.74) is 0. The Morgan fingerprint density at radius 3 is 1.67 bits per heavy atom. The molecule has 15 heavy (non-hydrogen) atoms. The second kappa shape index (κ2) is 6.33. The van der Waals surface area contributed by atoms with Gasteiger partial charge < -0.3 is 35.4 Å². The molecule has 0 amide bonds. The van der Waals surface area contributed by atoms with Crippen molar-refractivity contribution in [2.75, 3.05) is 13.2 Å². The Morgan fingerprint density at radius 2 is 1.60 bits per heavy atom. The van der Waals surface area contributed by atoms with Crippen LogP contribution in [0.15, 0.2) is 0 Å². The molecule has 0 aromatic rings. The summed E-state index contributed by atoms with van der Waals surface area (Å²) < 4.78 is 4.67. The summed E-state index contributed by atoms with van der Waals surface area (Å²) >= 11 is 0. The number of aliphatic hydroxyl groups is 6. The van der Waals surface area contributed by atoms with E-state index in [1.807, 2.05) is 0 Å². The molecule has 1 fully saturated rings. The Labute approximate surface area is 87.2 Å². The van der Waals surface area contributed by atoms with E-state index in [9.17, 15) is 0 Å². The minimum Gasteiger partial charge on any atom is -0.388 e. The van der Waals surface area contributed by atoms with Crippen molar-refractivity contribution >= 4 is 0 Å². The molecule has 1 aliphatic rings. The molecule has 92 valence electrons. The molecule has 0 spiro atoms. The third-order valence-electron chi connectivity index (χ3n) is 1.86. The summed E-state index contributed by atoms with van der Waals surface area (Å²) in [4.78, 5) is 0. The van der Waals surface area contributed by atoms with Crippen molar-refractivity contribution in [2.45, 2.75) is 37.6 Å². The summed E-state index contributed by atoms with van der Waals surface area (Å²) in [6.45, 7) is 2.07. The van der Waals surface area contributed by atoms with Crippen molar-refractivity contribution in [1.29, 1.82) is 0 Å². The average Bonchev–Trinajstić information content (AvgIpc) is 2.49. The van der Waals surface area contributed by atoms with Gasteiger partial charge in [-0.2, -0.15) is 0 Å². The van der Waals surface area contributed by atoms with Gasteiger partial charge in [-0.25, -0.2) is 0 Å². The minimum atomic E-state index is -2.94. The first kappa shape index (κ1) is 14.7. The molecule has 0 aliphatic carbocycles. The van der Waals surface area contributed by atoms with Crippen molar-refractivity contribution in [3.05, 3.63) is 0 Å². The normalized spacial score (nSPS) is 28.2. The summed E-state index contributed by atoms with van der Waals surface area (Å²) in [6.07, 6.45) is -2.69. The van der Waals surface area contributed by atoms with Gasteiger partial charge in [-0.15, -0.1) is 0 Å². The van der Waals surface area contributed by atoms with E-state index in [4.69, 9.17) is 30.6 Å². The first-order valence-corrected chi connectivity index (χ1v) is 4.58. The predicted octanol–water partition coefficient (Wildman–Crippen LogP) is -2.87. The lowest BCUT2D eigenvalue weighted by Crippen LogP contribution is -2.41. The Morgan fingerprint density at radius 1 is 1.20 bits per heavy atom. The number of ether oxygens (including phenoxy) is 1.